The summed E-state index contributed by atoms with van der Waals surface area (Å²) in [6.07, 6.45) is 6.85. The van der Waals surface area contributed by atoms with E-state index < -0.39 is 0 Å². The summed E-state index contributed by atoms with van der Waals surface area (Å²) in [5.41, 5.74) is 6.17. The minimum absolute atomic E-state index is 0.109. The molecule has 0 unspecified atom stereocenters. The van der Waals surface area contributed by atoms with Crippen LogP contribution < -0.4 is 5.73 Å². The summed E-state index contributed by atoms with van der Waals surface area (Å²) >= 11 is 0. The van der Waals surface area contributed by atoms with E-state index in [-0.39, 0.29) is 6.04 Å². The van der Waals surface area contributed by atoms with Crippen LogP contribution in [-0.2, 0) is 0 Å². The molecule has 1 aromatic heterocycles. The molecular formula is C12H19NO. The largest absolute Gasteiger partial charge is 0.468 e. The Labute approximate surface area is 85.5 Å². The predicted octanol–water partition coefficient (Wildman–Crippen LogP) is 3.11. The van der Waals surface area contributed by atoms with Crippen LogP contribution in [0.2, 0.25) is 0 Å². The molecule has 2 heteroatoms. The summed E-state index contributed by atoms with van der Waals surface area (Å²) in [5, 5.41) is 0. The quantitative estimate of drug-likeness (QED) is 0.783. The zero-order valence-electron chi connectivity index (χ0n) is 8.78. The van der Waals surface area contributed by atoms with Crippen molar-refractivity contribution in [3.63, 3.8) is 0 Å². The minimum atomic E-state index is 0.109. The zero-order chi connectivity index (χ0) is 9.97. The van der Waals surface area contributed by atoms with Gasteiger partial charge in [-0.3, -0.25) is 0 Å². The van der Waals surface area contributed by atoms with E-state index in [9.17, 15) is 0 Å². The molecule has 1 aromatic rings. The Hall–Kier alpha value is -0.760. The van der Waals surface area contributed by atoms with Crippen molar-refractivity contribution < 1.29 is 4.42 Å². The molecule has 0 bridgehead atoms. The molecular weight excluding hydrogens is 174 g/mol. The van der Waals surface area contributed by atoms with Crippen molar-refractivity contribution in [1.29, 1.82) is 0 Å². The van der Waals surface area contributed by atoms with Crippen molar-refractivity contribution in [2.75, 3.05) is 0 Å². The highest BCUT2D eigenvalue weighted by molar-refractivity contribution is 5.05. The Morgan fingerprint density at radius 3 is 2.64 bits per heavy atom. The van der Waals surface area contributed by atoms with Crippen LogP contribution in [0, 0.1) is 11.8 Å². The monoisotopic (exact) mass is 193 g/mol. The van der Waals surface area contributed by atoms with Crippen molar-refractivity contribution in [2.45, 2.75) is 38.6 Å². The average molecular weight is 193 g/mol. The second-order valence-electron chi connectivity index (χ2n) is 4.56. The normalized spacial score (nSPS) is 30.1. The van der Waals surface area contributed by atoms with Gasteiger partial charge in [0, 0.05) is 0 Å². The lowest BCUT2D eigenvalue weighted by Gasteiger charge is -2.29. The van der Waals surface area contributed by atoms with Gasteiger partial charge in [-0.1, -0.05) is 19.8 Å². The maximum Gasteiger partial charge on any atom is 0.120 e. The van der Waals surface area contributed by atoms with Crippen LogP contribution in [0.15, 0.2) is 22.8 Å². The lowest BCUT2D eigenvalue weighted by Crippen LogP contribution is -2.25. The van der Waals surface area contributed by atoms with E-state index >= 15 is 0 Å². The summed E-state index contributed by atoms with van der Waals surface area (Å²) in [7, 11) is 0. The Bertz CT molecular complexity index is 260. The van der Waals surface area contributed by atoms with Crippen LogP contribution >= 0.6 is 0 Å². The molecule has 1 fully saturated rings. The van der Waals surface area contributed by atoms with Gasteiger partial charge in [0.2, 0.25) is 0 Å². The molecule has 78 valence electrons. The number of hydrogen-bond donors (Lipinski definition) is 1. The third-order valence-electron chi connectivity index (χ3n) is 3.44. The van der Waals surface area contributed by atoms with E-state index in [0.29, 0.717) is 5.92 Å². The van der Waals surface area contributed by atoms with Crippen molar-refractivity contribution >= 4 is 0 Å². The smallest absolute Gasteiger partial charge is 0.120 e. The van der Waals surface area contributed by atoms with Crippen LogP contribution in [0.5, 0.6) is 0 Å². The molecule has 2 nitrogen and oxygen atoms in total. The van der Waals surface area contributed by atoms with Crippen LogP contribution in [0.25, 0.3) is 0 Å². The maximum atomic E-state index is 6.17. The van der Waals surface area contributed by atoms with E-state index in [4.69, 9.17) is 10.2 Å². The Morgan fingerprint density at radius 2 is 2.07 bits per heavy atom. The van der Waals surface area contributed by atoms with E-state index in [0.717, 1.165) is 11.7 Å². The number of rotatable bonds is 2. The molecule has 0 aromatic carbocycles. The van der Waals surface area contributed by atoms with Gasteiger partial charge in [0.25, 0.3) is 0 Å². The van der Waals surface area contributed by atoms with E-state index in [2.05, 4.69) is 6.92 Å². The topological polar surface area (TPSA) is 39.2 Å². The highest BCUT2D eigenvalue weighted by Gasteiger charge is 2.25. The van der Waals surface area contributed by atoms with Crippen LogP contribution in [0.1, 0.15) is 44.4 Å². The molecule has 1 atom stereocenters. The van der Waals surface area contributed by atoms with Crippen LogP contribution in [0.3, 0.4) is 0 Å². The first-order valence-electron chi connectivity index (χ1n) is 5.56. The van der Waals surface area contributed by atoms with Gasteiger partial charge in [0.1, 0.15) is 5.76 Å². The summed E-state index contributed by atoms with van der Waals surface area (Å²) in [4.78, 5) is 0. The van der Waals surface area contributed by atoms with Crippen LogP contribution in [-0.4, -0.2) is 0 Å². The molecule has 1 saturated carbocycles. The molecule has 1 aliphatic rings. The third kappa shape index (κ3) is 2.01. The minimum Gasteiger partial charge on any atom is -0.468 e. The highest BCUT2D eigenvalue weighted by Crippen LogP contribution is 2.35. The molecule has 1 aliphatic carbocycles. The van der Waals surface area contributed by atoms with Gasteiger partial charge < -0.3 is 10.2 Å². The molecule has 14 heavy (non-hydrogen) atoms. The van der Waals surface area contributed by atoms with Gasteiger partial charge in [-0.15, -0.1) is 0 Å². The second kappa shape index (κ2) is 4.18. The lowest BCUT2D eigenvalue weighted by molar-refractivity contribution is 0.239. The first kappa shape index (κ1) is 9.78. The standard InChI is InChI=1S/C12H19NO/c1-9-4-6-10(7-5-9)12(13)11-3-2-8-14-11/h2-3,8-10,12H,4-7,13H2,1H3/t9?,10?,12-/m0/s1. The van der Waals surface area contributed by atoms with Gasteiger partial charge in [-0.25, -0.2) is 0 Å². The fourth-order valence-corrected chi connectivity index (χ4v) is 2.36. The fraction of sp³-hybridized carbons (Fsp3) is 0.667. The molecule has 0 amide bonds. The van der Waals surface area contributed by atoms with E-state index in [1.807, 2.05) is 12.1 Å². The Kier molecular flexibility index (Phi) is 2.92. The molecule has 1 heterocycles. The number of hydrogen-bond acceptors (Lipinski definition) is 2. The number of furan rings is 1. The predicted molar refractivity (Wildman–Crippen MR) is 56.8 cm³/mol. The molecule has 0 radical (unpaired) electrons. The molecule has 2 N–H and O–H groups in total. The highest BCUT2D eigenvalue weighted by atomic mass is 16.3. The number of nitrogens with two attached hydrogens (primary N) is 1. The van der Waals surface area contributed by atoms with Crippen LogP contribution in [0.4, 0.5) is 0 Å². The van der Waals surface area contributed by atoms with Crippen molar-refractivity contribution in [3.05, 3.63) is 24.2 Å². The van der Waals surface area contributed by atoms with Gasteiger partial charge in [-0.05, 0) is 36.8 Å². The summed E-state index contributed by atoms with van der Waals surface area (Å²) < 4.78 is 5.35. The van der Waals surface area contributed by atoms with Crippen molar-refractivity contribution in [2.24, 2.45) is 17.6 Å². The van der Waals surface area contributed by atoms with Crippen molar-refractivity contribution in [1.82, 2.24) is 0 Å². The first-order valence-corrected chi connectivity index (χ1v) is 5.56. The second-order valence-corrected chi connectivity index (χ2v) is 4.56. The average Bonchev–Trinajstić information content (AvgIpc) is 2.71. The first-order chi connectivity index (χ1) is 6.77. The Balaban J connectivity index is 1.95. The SMILES string of the molecule is CC1CCC([C@H](N)c2ccco2)CC1. The molecule has 2 rings (SSSR count). The maximum absolute atomic E-state index is 6.17. The van der Waals surface area contributed by atoms with Gasteiger partial charge >= 0.3 is 0 Å². The summed E-state index contributed by atoms with van der Waals surface area (Å²) in [6, 6.07) is 4.01. The zero-order valence-corrected chi connectivity index (χ0v) is 8.78. The molecule has 0 saturated heterocycles. The lowest BCUT2D eigenvalue weighted by atomic mass is 9.79. The molecule has 0 spiro atoms. The van der Waals surface area contributed by atoms with Gasteiger partial charge in [0.15, 0.2) is 0 Å². The van der Waals surface area contributed by atoms with Gasteiger partial charge in [0.05, 0.1) is 12.3 Å². The Morgan fingerprint density at radius 1 is 1.36 bits per heavy atom. The molecule has 0 aliphatic heterocycles. The third-order valence-corrected chi connectivity index (χ3v) is 3.44. The van der Waals surface area contributed by atoms with E-state index in [1.54, 1.807) is 6.26 Å². The van der Waals surface area contributed by atoms with E-state index in [1.165, 1.54) is 25.7 Å². The summed E-state index contributed by atoms with van der Waals surface area (Å²) in [6.45, 7) is 2.33. The van der Waals surface area contributed by atoms with Gasteiger partial charge in [-0.2, -0.15) is 0 Å². The summed E-state index contributed by atoms with van der Waals surface area (Å²) in [5.74, 6) is 2.46. The van der Waals surface area contributed by atoms with Crippen molar-refractivity contribution in [3.8, 4) is 0 Å². The fourth-order valence-electron chi connectivity index (χ4n) is 2.36.